The summed E-state index contributed by atoms with van der Waals surface area (Å²) in [6.07, 6.45) is 7.23. The highest BCUT2D eigenvalue weighted by molar-refractivity contribution is 7.99. The Morgan fingerprint density at radius 2 is 2.11 bits per heavy atom. The number of hydrogen-bond donors (Lipinski definition) is 1. The maximum Gasteiger partial charge on any atom is 0.128 e. The Bertz CT molecular complexity index is 367. The summed E-state index contributed by atoms with van der Waals surface area (Å²) in [7, 11) is 0. The van der Waals surface area contributed by atoms with Gasteiger partial charge in [0.15, 0.2) is 0 Å². The van der Waals surface area contributed by atoms with Crippen LogP contribution in [0, 0.1) is 0 Å². The fourth-order valence-electron chi connectivity index (χ4n) is 2.69. The van der Waals surface area contributed by atoms with Crippen molar-refractivity contribution in [3.63, 3.8) is 0 Å². The monoisotopic (exact) mass is 263 g/mol. The van der Waals surface area contributed by atoms with Crippen molar-refractivity contribution in [3.05, 3.63) is 18.3 Å². The van der Waals surface area contributed by atoms with Gasteiger partial charge in [-0.3, -0.25) is 0 Å². The minimum atomic E-state index is 0.628. The first-order valence-electron chi connectivity index (χ1n) is 6.97. The molecule has 1 aromatic heterocycles. The number of anilines is 2. The molecule has 3 rings (SSSR count). The van der Waals surface area contributed by atoms with Crippen LogP contribution in [-0.2, 0) is 0 Å². The van der Waals surface area contributed by atoms with Gasteiger partial charge in [-0.1, -0.05) is 0 Å². The lowest BCUT2D eigenvalue weighted by atomic mass is 10.2. The first-order valence-corrected chi connectivity index (χ1v) is 8.12. The molecule has 0 aliphatic carbocycles. The van der Waals surface area contributed by atoms with Gasteiger partial charge < -0.3 is 10.2 Å². The van der Waals surface area contributed by atoms with E-state index in [9.17, 15) is 0 Å². The third-order valence-electron chi connectivity index (χ3n) is 3.71. The molecule has 2 saturated heterocycles. The lowest BCUT2D eigenvalue weighted by molar-refractivity contribution is 0.685. The van der Waals surface area contributed by atoms with Gasteiger partial charge in [0.05, 0.1) is 11.9 Å². The van der Waals surface area contributed by atoms with Crippen molar-refractivity contribution in [3.8, 4) is 0 Å². The van der Waals surface area contributed by atoms with E-state index in [4.69, 9.17) is 0 Å². The van der Waals surface area contributed by atoms with Crippen LogP contribution in [0.4, 0.5) is 11.5 Å². The predicted octanol–water partition coefficient (Wildman–Crippen LogP) is 2.99. The van der Waals surface area contributed by atoms with Gasteiger partial charge in [-0.25, -0.2) is 4.98 Å². The maximum atomic E-state index is 4.58. The maximum absolute atomic E-state index is 4.58. The van der Waals surface area contributed by atoms with Crippen molar-refractivity contribution in [1.82, 2.24) is 4.98 Å². The molecule has 1 unspecified atom stereocenters. The molecule has 1 N–H and O–H groups in total. The molecular weight excluding hydrogens is 242 g/mol. The second-order valence-corrected chi connectivity index (χ2v) is 6.31. The van der Waals surface area contributed by atoms with Gasteiger partial charge in [0, 0.05) is 24.9 Å². The summed E-state index contributed by atoms with van der Waals surface area (Å²) in [5.74, 6) is 3.69. The van der Waals surface area contributed by atoms with E-state index in [0.717, 1.165) is 5.82 Å². The largest absolute Gasteiger partial charge is 0.380 e. The second kappa shape index (κ2) is 5.83. The standard InChI is InChI=1S/C14H21N3S/c1-2-8-17(7-1)14-6-5-12(10-15-14)16-13-4-3-9-18-11-13/h5-6,10,13,16H,1-4,7-9,11H2. The molecule has 0 bridgehead atoms. The number of nitrogens with zero attached hydrogens (tertiary/aromatic N) is 2. The molecule has 2 aliphatic heterocycles. The van der Waals surface area contributed by atoms with E-state index in [0.29, 0.717) is 6.04 Å². The number of thioether (sulfide) groups is 1. The van der Waals surface area contributed by atoms with E-state index in [1.807, 2.05) is 6.20 Å². The van der Waals surface area contributed by atoms with Crippen molar-refractivity contribution in [2.75, 3.05) is 34.8 Å². The average Bonchev–Trinajstić information content (AvgIpc) is 2.95. The highest BCUT2D eigenvalue weighted by Gasteiger charge is 2.15. The SMILES string of the molecule is c1cc(N2CCCC2)ncc1NC1CCCSC1. The average molecular weight is 263 g/mol. The third-order valence-corrected chi connectivity index (χ3v) is 4.92. The zero-order valence-electron chi connectivity index (χ0n) is 10.8. The first-order chi connectivity index (χ1) is 8.92. The van der Waals surface area contributed by atoms with E-state index < -0.39 is 0 Å². The van der Waals surface area contributed by atoms with Gasteiger partial charge in [-0.15, -0.1) is 0 Å². The van der Waals surface area contributed by atoms with Crippen LogP contribution in [0.1, 0.15) is 25.7 Å². The Kier molecular flexibility index (Phi) is 3.93. The van der Waals surface area contributed by atoms with Gasteiger partial charge in [0.1, 0.15) is 5.82 Å². The smallest absolute Gasteiger partial charge is 0.128 e. The molecule has 2 aliphatic rings. The van der Waals surface area contributed by atoms with Crippen LogP contribution in [0.5, 0.6) is 0 Å². The lowest BCUT2D eigenvalue weighted by Crippen LogP contribution is -2.26. The van der Waals surface area contributed by atoms with Crippen molar-refractivity contribution >= 4 is 23.3 Å². The number of hydrogen-bond acceptors (Lipinski definition) is 4. The summed E-state index contributed by atoms with van der Waals surface area (Å²) < 4.78 is 0. The van der Waals surface area contributed by atoms with E-state index in [-0.39, 0.29) is 0 Å². The zero-order chi connectivity index (χ0) is 12.2. The minimum Gasteiger partial charge on any atom is -0.380 e. The van der Waals surface area contributed by atoms with E-state index in [2.05, 4.69) is 39.1 Å². The number of pyridine rings is 1. The van der Waals surface area contributed by atoms with Crippen molar-refractivity contribution in [2.24, 2.45) is 0 Å². The van der Waals surface area contributed by atoms with Gasteiger partial charge in [0.2, 0.25) is 0 Å². The molecule has 3 heterocycles. The van der Waals surface area contributed by atoms with Crippen LogP contribution in [0.15, 0.2) is 18.3 Å². The van der Waals surface area contributed by atoms with Crippen LogP contribution < -0.4 is 10.2 Å². The molecule has 1 aromatic rings. The van der Waals surface area contributed by atoms with Crippen LogP contribution in [0.25, 0.3) is 0 Å². The van der Waals surface area contributed by atoms with Gasteiger partial charge in [-0.05, 0) is 43.6 Å². The predicted molar refractivity (Wildman–Crippen MR) is 79.7 cm³/mol. The molecule has 0 amide bonds. The molecule has 0 radical (unpaired) electrons. The molecule has 2 fully saturated rings. The highest BCUT2D eigenvalue weighted by atomic mass is 32.2. The Balaban J connectivity index is 1.59. The molecule has 3 nitrogen and oxygen atoms in total. The highest BCUT2D eigenvalue weighted by Crippen LogP contribution is 2.22. The number of rotatable bonds is 3. The zero-order valence-corrected chi connectivity index (χ0v) is 11.6. The Morgan fingerprint density at radius 3 is 2.78 bits per heavy atom. The molecule has 0 aromatic carbocycles. The number of aromatic nitrogens is 1. The first kappa shape index (κ1) is 12.2. The van der Waals surface area contributed by atoms with Crippen LogP contribution in [-0.4, -0.2) is 35.6 Å². The van der Waals surface area contributed by atoms with E-state index in [1.165, 1.54) is 56.0 Å². The topological polar surface area (TPSA) is 28.2 Å². The Hall–Kier alpha value is -0.900. The summed E-state index contributed by atoms with van der Waals surface area (Å²) in [6.45, 7) is 2.33. The number of nitrogens with one attached hydrogen (secondary N) is 1. The van der Waals surface area contributed by atoms with Crippen molar-refractivity contribution < 1.29 is 0 Å². The Labute approximate surface area is 113 Å². The molecule has 1 atom stereocenters. The molecule has 0 spiro atoms. The van der Waals surface area contributed by atoms with Gasteiger partial charge >= 0.3 is 0 Å². The molecule has 98 valence electrons. The van der Waals surface area contributed by atoms with E-state index in [1.54, 1.807) is 0 Å². The molecule has 18 heavy (non-hydrogen) atoms. The third kappa shape index (κ3) is 2.91. The summed E-state index contributed by atoms with van der Waals surface area (Å²) >= 11 is 2.05. The summed E-state index contributed by atoms with van der Waals surface area (Å²) in [5.41, 5.74) is 1.17. The van der Waals surface area contributed by atoms with Gasteiger partial charge in [0.25, 0.3) is 0 Å². The molecule has 4 heteroatoms. The van der Waals surface area contributed by atoms with Crippen molar-refractivity contribution in [1.29, 1.82) is 0 Å². The van der Waals surface area contributed by atoms with Crippen molar-refractivity contribution in [2.45, 2.75) is 31.7 Å². The fraction of sp³-hybridized carbons (Fsp3) is 0.643. The summed E-state index contributed by atoms with van der Waals surface area (Å²) in [4.78, 5) is 6.96. The summed E-state index contributed by atoms with van der Waals surface area (Å²) in [5, 5.41) is 3.60. The minimum absolute atomic E-state index is 0.628. The molecule has 0 saturated carbocycles. The lowest BCUT2D eigenvalue weighted by Gasteiger charge is -2.23. The summed E-state index contributed by atoms with van der Waals surface area (Å²) in [6, 6.07) is 4.96. The van der Waals surface area contributed by atoms with Crippen LogP contribution in [0.2, 0.25) is 0 Å². The van der Waals surface area contributed by atoms with Crippen LogP contribution >= 0.6 is 11.8 Å². The second-order valence-electron chi connectivity index (χ2n) is 5.16. The normalized spacial score (nSPS) is 24.2. The van der Waals surface area contributed by atoms with E-state index >= 15 is 0 Å². The van der Waals surface area contributed by atoms with Crippen LogP contribution in [0.3, 0.4) is 0 Å². The van der Waals surface area contributed by atoms with Gasteiger partial charge in [-0.2, -0.15) is 11.8 Å². The quantitative estimate of drug-likeness (QED) is 0.907. The fourth-order valence-corrected chi connectivity index (χ4v) is 3.77. The molecular formula is C14H21N3S. The Morgan fingerprint density at radius 1 is 1.22 bits per heavy atom.